The molecule has 0 saturated carbocycles. The molecule has 1 aliphatic rings. The monoisotopic (exact) mass is 671 g/mol. The van der Waals surface area contributed by atoms with Crippen molar-refractivity contribution >= 4 is 46.3 Å². The second-order valence-electron chi connectivity index (χ2n) is 10.2. The molecule has 3 heterocycles. The molecule has 0 fully saturated rings. The average molecular weight is 672 g/mol. The Morgan fingerprint density at radius 1 is 1.06 bits per heavy atom. The molecule has 238 valence electrons. The summed E-state index contributed by atoms with van der Waals surface area (Å²) in [6.07, 6.45) is 0.485. The molecule has 12 nitrogen and oxygen atoms in total. The van der Waals surface area contributed by atoms with E-state index in [1.54, 1.807) is 28.8 Å². The molecule has 3 aromatic carbocycles. The Bertz CT molecular complexity index is 1950. The molecule has 0 unspecified atom stereocenters. The fourth-order valence-corrected chi connectivity index (χ4v) is 6.57. The number of nitrogens with zero attached hydrogens (tertiary/aromatic N) is 6. The number of hydrogen-bond donors (Lipinski definition) is 1. The Kier molecular flexibility index (Phi) is 9.35. The van der Waals surface area contributed by atoms with Gasteiger partial charge in [0, 0.05) is 24.1 Å². The lowest BCUT2D eigenvalue weighted by Gasteiger charge is -2.22. The van der Waals surface area contributed by atoms with Gasteiger partial charge in [0.15, 0.2) is 11.0 Å². The third-order valence-corrected chi connectivity index (χ3v) is 9.16. The largest absolute Gasteiger partial charge is 0.495 e. The topological polar surface area (TPSA) is 145 Å². The first-order chi connectivity index (χ1) is 22.8. The number of thiophene rings is 1. The zero-order chi connectivity index (χ0) is 32.9. The Morgan fingerprint density at radius 3 is 2.53 bits per heavy atom. The first-order valence-electron chi connectivity index (χ1n) is 14.2. The number of ether oxygens (including phenoxy) is 1. The lowest BCUT2D eigenvalue weighted by Crippen LogP contribution is -2.28. The normalized spacial score (nSPS) is 14.1. The Labute approximate surface area is 276 Å². The van der Waals surface area contributed by atoms with Crippen LogP contribution in [0, 0.1) is 15.9 Å². The second kappa shape index (κ2) is 13.9. The summed E-state index contributed by atoms with van der Waals surface area (Å²) < 4.78 is 21.0. The van der Waals surface area contributed by atoms with Gasteiger partial charge in [0.1, 0.15) is 11.6 Å². The van der Waals surface area contributed by atoms with Gasteiger partial charge in [-0.3, -0.25) is 24.3 Å². The van der Waals surface area contributed by atoms with Crippen LogP contribution in [0.4, 0.5) is 10.1 Å². The molecule has 47 heavy (non-hydrogen) atoms. The maximum atomic E-state index is 13.7. The molecule has 2 amide bonds. The van der Waals surface area contributed by atoms with E-state index in [2.05, 4.69) is 20.6 Å². The van der Waals surface area contributed by atoms with Crippen LogP contribution in [0.25, 0.3) is 5.69 Å². The number of amides is 2. The number of aromatic nitrogens is 3. The van der Waals surface area contributed by atoms with E-state index in [-0.39, 0.29) is 35.3 Å². The number of carbonyl (C=O) groups excluding carboxylic acids is 2. The number of halogens is 1. The average Bonchev–Trinajstić information content (AvgIpc) is 3.87. The van der Waals surface area contributed by atoms with Crippen LogP contribution in [-0.4, -0.2) is 55.1 Å². The number of benzene rings is 3. The van der Waals surface area contributed by atoms with Crippen molar-refractivity contribution in [1.82, 2.24) is 25.1 Å². The second-order valence-corrected chi connectivity index (χ2v) is 12.1. The first kappa shape index (κ1) is 31.6. The summed E-state index contributed by atoms with van der Waals surface area (Å²) in [6.45, 7) is -0.0391. The zero-order valence-corrected chi connectivity index (χ0v) is 26.4. The number of thioether (sulfide) groups is 1. The summed E-state index contributed by atoms with van der Waals surface area (Å²) in [4.78, 5) is 38.0. The van der Waals surface area contributed by atoms with Crippen molar-refractivity contribution in [2.75, 3.05) is 12.9 Å². The highest BCUT2D eigenvalue weighted by molar-refractivity contribution is 7.99. The zero-order valence-electron chi connectivity index (χ0n) is 24.8. The Hall–Kier alpha value is -5.41. The maximum absolute atomic E-state index is 13.7. The van der Waals surface area contributed by atoms with E-state index in [0.717, 1.165) is 27.9 Å². The molecule has 0 radical (unpaired) electrons. The third-order valence-electron chi connectivity index (χ3n) is 7.32. The molecule has 1 N–H and O–H groups in total. The van der Waals surface area contributed by atoms with Gasteiger partial charge in [0.2, 0.25) is 0 Å². The maximum Gasteiger partial charge on any atom is 0.269 e. The number of nitrogens with one attached hydrogen (secondary N) is 1. The van der Waals surface area contributed by atoms with Crippen molar-refractivity contribution < 1.29 is 23.6 Å². The molecule has 0 spiro atoms. The van der Waals surface area contributed by atoms with Crippen LogP contribution in [0.1, 0.15) is 39.1 Å². The molecule has 0 bridgehead atoms. The quantitative estimate of drug-likeness (QED) is 0.106. The van der Waals surface area contributed by atoms with E-state index < -0.39 is 16.9 Å². The molecule has 1 aliphatic heterocycles. The van der Waals surface area contributed by atoms with Gasteiger partial charge in [-0.1, -0.05) is 42.1 Å². The Balaban J connectivity index is 1.24. The van der Waals surface area contributed by atoms with Crippen molar-refractivity contribution in [1.29, 1.82) is 0 Å². The van der Waals surface area contributed by atoms with Crippen molar-refractivity contribution in [3.05, 3.63) is 128 Å². The number of non-ortho nitro benzene ring substituents is 1. The van der Waals surface area contributed by atoms with Crippen LogP contribution in [0.2, 0.25) is 0 Å². The minimum absolute atomic E-state index is 0.0391. The number of hydrazone groups is 1. The number of carbonyl (C=O) groups is 2. The predicted octanol–water partition coefficient (Wildman–Crippen LogP) is 5.78. The summed E-state index contributed by atoms with van der Waals surface area (Å²) >= 11 is 2.68. The summed E-state index contributed by atoms with van der Waals surface area (Å²) in [7, 11) is 1.53. The van der Waals surface area contributed by atoms with Crippen LogP contribution in [0.15, 0.2) is 101 Å². The molecule has 0 aliphatic carbocycles. The van der Waals surface area contributed by atoms with Crippen molar-refractivity contribution in [3.63, 3.8) is 0 Å². The lowest BCUT2D eigenvalue weighted by molar-refractivity contribution is -0.384. The van der Waals surface area contributed by atoms with Crippen LogP contribution >= 0.6 is 23.1 Å². The number of nitro benzene ring substituents is 1. The van der Waals surface area contributed by atoms with Gasteiger partial charge in [-0.05, 0) is 53.4 Å². The molecule has 5 aromatic rings. The summed E-state index contributed by atoms with van der Waals surface area (Å²) in [5.41, 5.74) is 2.25. The van der Waals surface area contributed by atoms with Crippen LogP contribution in [0.3, 0.4) is 0 Å². The van der Waals surface area contributed by atoms with E-state index in [9.17, 15) is 24.1 Å². The summed E-state index contributed by atoms with van der Waals surface area (Å²) in [5, 5.41) is 30.9. The van der Waals surface area contributed by atoms with Crippen molar-refractivity contribution in [2.45, 2.75) is 24.2 Å². The molecular formula is C32H26FN7O5S2. The van der Waals surface area contributed by atoms with E-state index in [1.165, 1.54) is 59.9 Å². The van der Waals surface area contributed by atoms with E-state index >= 15 is 0 Å². The highest BCUT2D eigenvalue weighted by atomic mass is 32.2. The molecule has 1 atom stereocenters. The molecule has 0 saturated heterocycles. The smallest absolute Gasteiger partial charge is 0.269 e. The van der Waals surface area contributed by atoms with Crippen LogP contribution in [-0.2, 0) is 11.3 Å². The first-order valence-corrected chi connectivity index (χ1v) is 16.1. The lowest BCUT2D eigenvalue weighted by atomic mass is 10.0. The fourth-order valence-electron chi connectivity index (χ4n) is 5.03. The molecule has 6 rings (SSSR count). The Morgan fingerprint density at radius 2 is 1.83 bits per heavy atom. The van der Waals surface area contributed by atoms with Crippen LogP contribution < -0.4 is 10.1 Å². The predicted molar refractivity (Wildman–Crippen MR) is 174 cm³/mol. The third kappa shape index (κ3) is 6.90. The van der Waals surface area contributed by atoms with Gasteiger partial charge in [0.25, 0.3) is 17.5 Å². The number of rotatable bonds is 11. The van der Waals surface area contributed by atoms with Crippen molar-refractivity contribution in [2.24, 2.45) is 5.10 Å². The highest BCUT2D eigenvalue weighted by Gasteiger charge is 2.34. The van der Waals surface area contributed by atoms with Gasteiger partial charge in [-0.25, -0.2) is 9.40 Å². The standard InChI is InChI=1S/C32H26FN7O5S2/c1-45-27-6-3-2-5-25(27)38-29(18-34-31(42)21-10-14-23(15-11-21)40(43)44)35-36-32(38)47-19-30(41)39-26(20-8-12-22(33)13-9-20)17-24(37-39)28-7-4-16-46-28/h2-16,26H,17-19H2,1H3,(H,34,42)/t26-/m1/s1. The molecule has 15 heteroatoms. The highest BCUT2D eigenvalue weighted by Crippen LogP contribution is 2.35. The van der Waals surface area contributed by atoms with Gasteiger partial charge in [-0.2, -0.15) is 5.10 Å². The molecule has 2 aromatic heterocycles. The number of hydrogen-bond acceptors (Lipinski definition) is 10. The van der Waals surface area contributed by atoms with Crippen molar-refractivity contribution in [3.8, 4) is 11.4 Å². The molecular weight excluding hydrogens is 646 g/mol. The van der Waals surface area contributed by atoms with Gasteiger partial charge < -0.3 is 10.1 Å². The number of methoxy groups -OCH3 is 1. The minimum Gasteiger partial charge on any atom is -0.495 e. The number of nitro groups is 1. The van der Waals surface area contributed by atoms with E-state index in [0.29, 0.717) is 28.8 Å². The fraction of sp³-hybridized carbons (Fsp3) is 0.156. The SMILES string of the molecule is COc1ccccc1-n1c(CNC(=O)c2ccc([N+](=O)[O-])cc2)nnc1SCC(=O)N1N=C(c2cccs2)C[C@@H]1c1ccc(F)cc1. The minimum atomic E-state index is -0.539. The van der Waals surface area contributed by atoms with Gasteiger partial charge in [-0.15, -0.1) is 21.5 Å². The van der Waals surface area contributed by atoms with E-state index in [1.807, 2.05) is 29.6 Å². The summed E-state index contributed by atoms with van der Waals surface area (Å²) in [6, 6.07) is 22.0. The van der Waals surface area contributed by atoms with Gasteiger partial charge >= 0.3 is 0 Å². The number of para-hydroxylation sites is 2. The van der Waals surface area contributed by atoms with Crippen LogP contribution in [0.5, 0.6) is 5.75 Å². The van der Waals surface area contributed by atoms with Gasteiger partial charge in [0.05, 0.1) is 46.6 Å². The summed E-state index contributed by atoms with van der Waals surface area (Å²) in [5.74, 6) is -0.262. The van der Waals surface area contributed by atoms with E-state index in [4.69, 9.17) is 4.74 Å².